The highest BCUT2D eigenvalue weighted by Crippen LogP contribution is 2.27. The van der Waals surface area contributed by atoms with Gasteiger partial charge in [-0.15, -0.1) is 0 Å². The number of fused-ring (bicyclic) bond motifs is 1. The molecule has 1 unspecified atom stereocenters. The predicted molar refractivity (Wildman–Crippen MR) is 104 cm³/mol. The van der Waals surface area contributed by atoms with Gasteiger partial charge in [-0.2, -0.15) is 5.26 Å². The molecule has 0 saturated carbocycles. The topological polar surface area (TPSA) is 99.8 Å². The van der Waals surface area contributed by atoms with E-state index in [0.29, 0.717) is 41.9 Å². The summed E-state index contributed by atoms with van der Waals surface area (Å²) in [6, 6.07) is 13.1. The van der Waals surface area contributed by atoms with Gasteiger partial charge in [0.1, 0.15) is 5.69 Å². The smallest absolute Gasteiger partial charge is 0.270 e. The van der Waals surface area contributed by atoms with Crippen molar-refractivity contribution in [1.29, 1.82) is 5.26 Å². The molecule has 7 heteroatoms. The molecule has 2 aromatic heterocycles. The summed E-state index contributed by atoms with van der Waals surface area (Å²) in [4.78, 5) is 28.8. The highest BCUT2D eigenvalue weighted by molar-refractivity contribution is 6.06. The van der Waals surface area contributed by atoms with E-state index < -0.39 is 0 Å². The molecule has 0 radical (unpaired) electrons. The van der Waals surface area contributed by atoms with E-state index >= 15 is 0 Å². The molecular formula is C21H19N5O2. The van der Waals surface area contributed by atoms with E-state index in [-0.39, 0.29) is 17.9 Å². The van der Waals surface area contributed by atoms with Gasteiger partial charge >= 0.3 is 0 Å². The second-order valence-corrected chi connectivity index (χ2v) is 6.89. The van der Waals surface area contributed by atoms with Crippen molar-refractivity contribution in [2.45, 2.75) is 18.9 Å². The molecule has 4 rings (SSSR count). The molecule has 2 N–H and O–H groups in total. The van der Waals surface area contributed by atoms with Crippen LogP contribution in [0, 0.1) is 11.3 Å². The lowest BCUT2D eigenvalue weighted by Crippen LogP contribution is -2.38. The molecule has 1 aromatic carbocycles. The van der Waals surface area contributed by atoms with Crippen LogP contribution in [-0.4, -0.2) is 34.0 Å². The number of benzene rings is 1. The van der Waals surface area contributed by atoms with E-state index in [9.17, 15) is 14.9 Å². The van der Waals surface area contributed by atoms with Crippen LogP contribution in [0.5, 0.6) is 0 Å². The summed E-state index contributed by atoms with van der Waals surface area (Å²) in [6.07, 6.45) is 3.07. The third-order valence-corrected chi connectivity index (χ3v) is 5.01. The van der Waals surface area contributed by atoms with Crippen LogP contribution in [0.2, 0.25) is 0 Å². The fourth-order valence-electron chi connectivity index (χ4n) is 3.51. The van der Waals surface area contributed by atoms with Crippen molar-refractivity contribution in [1.82, 2.24) is 20.2 Å². The van der Waals surface area contributed by atoms with Gasteiger partial charge in [0.25, 0.3) is 5.91 Å². The standard InChI is InChI=1S/C21H19N5O2/c1-26-9-8-16-18(26)10-17(15-5-3-2-4-13(15)11-22)25-20(16)21(28)23-12-14-6-7-19(27)24-14/h2-5,8-10,14H,6-7,12H2,1H3,(H,23,28)(H,24,27). The number of nitrogens with zero attached hydrogens (tertiary/aromatic N) is 3. The molecule has 140 valence electrons. The van der Waals surface area contributed by atoms with Gasteiger partial charge in [0.2, 0.25) is 5.91 Å². The van der Waals surface area contributed by atoms with Crippen molar-refractivity contribution in [3.63, 3.8) is 0 Å². The maximum Gasteiger partial charge on any atom is 0.270 e. The van der Waals surface area contributed by atoms with E-state index in [0.717, 1.165) is 10.9 Å². The van der Waals surface area contributed by atoms with Gasteiger partial charge in [-0.3, -0.25) is 9.59 Å². The van der Waals surface area contributed by atoms with Crippen LogP contribution in [0.4, 0.5) is 0 Å². The first-order valence-electron chi connectivity index (χ1n) is 9.10. The van der Waals surface area contributed by atoms with Gasteiger partial charge in [-0.1, -0.05) is 18.2 Å². The Hall–Kier alpha value is -3.66. The van der Waals surface area contributed by atoms with Crippen molar-refractivity contribution >= 4 is 22.7 Å². The normalized spacial score (nSPS) is 16.0. The molecule has 0 aliphatic carbocycles. The minimum Gasteiger partial charge on any atom is -0.352 e. The summed E-state index contributed by atoms with van der Waals surface area (Å²) < 4.78 is 1.92. The van der Waals surface area contributed by atoms with Crippen molar-refractivity contribution < 1.29 is 9.59 Å². The molecule has 0 spiro atoms. The third kappa shape index (κ3) is 3.21. The summed E-state index contributed by atoms with van der Waals surface area (Å²) >= 11 is 0. The second-order valence-electron chi connectivity index (χ2n) is 6.89. The lowest BCUT2D eigenvalue weighted by Gasteiger charge is -2.13. The lowest BCUT2D eigenvalue weighted by molar-refractivity contribution is -0.119. The Morgan fingerprint density at radius 1 is 1.39 bits per heavy atom. The van der Waals surface area contributed by atoms with E-state index in [4.69, 9.17) is 0 Å². The molecule has 7 nitrogen and oxygen atoms in total. The first kappa shape index (κ1) is 17.7. The summed E-state index contributed by atoms with van der Waals surface area (Å²) in [5.74, 6) is -0.286. The molecule has 1 aliphatic rings. The number of carbonyl (C=O) groups is 2. The van der Waals surface area contributed by atoms with Crippen LogP contribution in [0.25, 0.3) is 22.2 Å². The number of hydrogen-bond donors (Lipinski definition) is 2. The quantitative estimate of drug-likeness (QED) is 0.732. The molecule has 1 aliphatic heterocycles. The number of rotatable bonds is 4. The third-order valence-electron chi connectivity index (χ3n) is 5.01. The minimum atomic E-state index is -0.298. The number of pyridine rings is 1. The second kappa shape index (κ2) is 7.16. The molecule has 2 amide bonds. The van der Waals surface area contributed by atoms with Crippen molar-refractivity contribution in [2.24, 2.45) is 7.05 Å². The SMILES string of the molecule is Cn1ccc2c(C(=O)NCC3CCC(=O)N3)nc(-c3ccccc3C#N)cc21. The minimum absolute atomic E-state index is 0.0120. The summed E-state index contributed by atoms with van der Waals surface area (Å²) in [6.45, 7) is 0.361. The van der Waals surface area contributed by atoms with Crippen molar-refractivity contribution in [3.8, 4) is 17.3 Å². The van der Waals surface area contributed by atoms with Gasteiger partial charge in [-0.25, -0.2) is 4.98 Å². The Labute approximate surface area is 162 Å². The Balaban J connectivity index is 1.72. The zero-order valence-corrected chi connectivity index (χ0v) is 15.4. The predicted octanol–water partition coefficient (Wildman–Crippen LogP) is 2.12. The van der Waals surface area contributed by atoms with Crippen molar-refractivity contribution in [3.05, 3.63) is 53.9 Å². The van der Waals surface area contributed by atoms with Gasteiger partial charge in [-0.05, 0) is 24.6 Å². The van der Waals surface area contributed by atoms with Gasteiger partial charge in [0, 0.05) is 43.2 Å². The van der Waals surface area contributed by atoms with Crippen LogP contribution < -0.4 is 10.6 Å². The van der Waals surface area contributed by atoms with E-state index in [2.05, 4.69) is 21.7 Å². The Bertz CT molecular complexity index is 1130. The monoisotopic (exact) mass is 373 g/mol. The lowest BCUT2D eigenvalue weighted by atomic mass is 10.0. The van der Waals surface area contributed by atoms with Crippen molar-refractivity contribution in [2.75, 3.05) is 6.54 Å². The first-order valence-corrected chi connectivity index (χ1v) is 9.10. The maximum absolute atomic E-state index is 12.9. The molecule has 1 atom stereocenters. The van der Waals surface area contributed by atoms with Crippen LogP contribution in [0.3, 0.4) is 0 Å². The average Bonchev–Trinajstić information content (AvgIpc) is 3.31. The van der Waals surface area contributed by atoms with E-state index in [1.807, 2.05) is 42.1 Å². The molecule has 3 heterocycles. The zero-order chi connectivity index (χ0) is 19.7. The maximum atomic E-state index is 12.9. The molecule has 3 aromatic rings. The number of aryl methyl sites for hydroxylation is 1. The fourth-order valence-corrected chi connectivity index (χ4v) is 3.51. The highest BCUT2D eigenvalue weighted by Gasteiger charge is 2.23. The molecular weight excluding hydrogens is 354 g/mol. The molecule has 0 bridgehead atoms. The summed E-state index contributed by atoms with van der Waals surface area (Å²) in [7, 11) is 1.90. The van der Waals surface area contributed by atoms with Crippen LogP contribution in [0.1, 0.15) is 28.9 Å². The molecule has 28 heavy (non-hydrogen) atoms. The van der Waals surface area contributed by atoms with Gasteiger partial charge in [0.05, 0.1) is 22.8 Å². The average molecular weight is 373 g/mol. The fraction of sp³-hybridized carbons (Fsp3) is 0.238. The first-order chi connectivity index (χ1) is 13.6. The Morgan fingerprint density at radius 3 is 2.96 bits per heavy atom. The Kier molecular flexibility index (Phi) is 4.53. The molecule has 1 saturated heterocycles. The van der Waals surface area contributed by atoms with Gasteiger partial charge in [0.15, 0.2) is 0 Å². The number of amides is 2. The van der Waals surface area contributed by atoms with Crippen LogP contribution in [-0.2, 0) is 11.8 Å². The number of nitrogens with one attached hydrogen (secondary N) is 2. The Morgan fingerprint density at radius 2 is 2.21 bits per heavy atom. The number of carbonyl (C=O) groups excluding carboxylic acids is 2. The van der Waals surface area contributed by atoms with Crippen LogP contribution in [0.15, 0.2) is 42.6 Å². The number of aromatic nitrogens is 2. The van der Waals surface area contributed by atoms with E-state index in [1.54, 1.807) is 12.1 Å². The summed E-state index contributed by atoms with van der Waals surface area (Å²) in [5.41, 5.74) is 2.93. The number of nitriles is 1. The van der Waals surface area contributed by atoms with E-state index in [1.165, 1.54) is 0 Å². The highest BCUT2D eigenvalue weighted by atomic mass is 16.2. The largest absolute Gasteiger partial charge is 0.352 e. The summed E-state index contributed by atoms with van der Waals surface area (Å²) in [5, 5.41) is 15.9. The van der Waals surface area contributed by atoms with Gasteiger partial charge < -0.3 is 15.2 Å². The number of hydrogen-bond acceptors (Lipinski definition) is 4. The molecule has 1 fully saturated rings. The zero-order valence-electron chi connectivity index (χ0n) is 15.4. The van der Waals surface area contributed by atoms with Crippen LogP contribution >= 0.6 is 0 Å².